The molecule has 3 rings (SSSR count). The molecule has 92 valence electrons. The number of fused-ring (bicyclic) bond motifs is 1. The summed E-state index contributed by atoms with van der Waals surface area (Å²) < 4.78 is 1.65. The minimum atomic E-state index is 0.0802. The van der Waals surface area contributed by atoms with Crippen LogP contribution in [0.2, 0.25) is 5.02 Å². The Balaban J connectivity index is 1.86. The van der Waals surface area contributed by atoms with Crippen molar-refractivity contribution in [1.29, 1.82) is 0 Å². The molecule has 0 aliphatic rings. The Kier molecular flexibility index (Phi) is 2.64. The van der Waals surface area contributed by atoms with E-state index in [1.165, 1.54) is 0 Å². The van der Waals surface area contributed by atoms with Crippen LogP contribution < -0.4 is 5.32 Å². The van der Waals surface area contributed by atoms with Crippen LogP contribution in [0.3, 0.4) is 0 Å². The van der Waals surface area contributed by atoms with Crippen molar-refractivity contribution in [1.82, 2.24) is 24.8 Å². The minimum Gasteiger partial charge on any atom is -0.346 e. The van der Waals surface area contributed by atoms with Gasteiger partial charge in [0, 0.05) is 18.0 Å². The lowest BCUT2D eigenvalue weighted by Crippen LogP contribution is -2.07. The van der Waals surface area contributed by atoms with E-state index in [4.69, 9.17) is 11.6 Å². The van der Waals surface area contributed by atoms with E-state index in [-0.39, 0.29) is 6.04 Å². The van der Waals surface area contributed by atoms with Gasteiger partial charge in [-0.05, 0) is 19.1 Å². The van der Waals surface area contributed by atoms with Crippen LogP contribution in [0, 0.1) is 0 Å². The molecule has 0 fully saturated rings. The molecule has 0 aliphatic heterocycles. The fourth-order valence-electron chi connectivity index (χ4n) is 1.69. The molecular weight excluding hydrogens is 252 g/mol. The fourth-order valence-corrected chi connectivity index (χ4v) is 1.85. The highest BCUT2D eigenvalue weighted by molar-refractivity contribution is 6.30. The maximum absolute atomic E-state index is 5.89. The average Bonchev–Trinajstić information content (AvgIpc) is 2.95. The van der Waals surface area contributed by atoms with Crippen LogP contribution in [0.1, 0.15) is 18.5 Å². The van der Waals surface area contributed by atoms with E-state index in [0.717, 1.165) is 11.2 Å². The highest BCUT2D eigenvalue weighted by atomic mass is 35.5. The summed E-state index contributed by atoms with van der Waals surface area (Å²) in [5.74, 6) is 0.561. The van der Waals surface area contributed by atoms with Crippen molar-refractivity contribution in [2.75, 3.05) is 5.32 Å². The predicted molar refractivity (Wildman–Crippen MR) is 68.6 cm³/mol. The summed E-state index contributed by atoms with van der Waals surface area (Å²) in [6.07, 6.45) is 5.33. The lowest BCUT2D eigenvalue weighted by molar-refractivity contribution is 0.853. The molecule has 7 heteroatoms. The number of nitrogens with one attached hydrogen (secondary N) is 2. The number of aromatic nitrogens is 5. The van der Waals surface area contributed by atoms with Gasteiger partial charge in [-0.15, -0.1) is 5.10 Å². The van der Waals surface area contributed by atoms with Crippen LogP contribution >= 0.6 is 11.6 Å². The molecule has 0 saturated heterocycles. The second-order valence-corrected chi connectivity index (χ2v) is 4.42. The number of nitrogens with zero attached hydrogens (tertiary/aromatic N) is 4. The lowest BCUT2D eigenvalue weighted by atomic mass is 10.2. The Morgan fingerprint density at radius 1 is 1.44 bits per heavy atom. The second kappa shape index (κ2) is 4.30. The van der Waals surface area contributed by atoms with E-state index in [1.54, 1.807) is 23.0 Å². The first-order valence-corrected chi connectivity index (χ1v) is 5.87. The van der Waals surface area contributed by atoms with Gasteiger partial charge >= 0.3 is 0 Å². The van der Waals surface area contributed by atoms with Crippen LogP contribution in [0.4, 0.5) is 5.95 Å². The molecule has 0 amide bonds. The zero-order valence-electron chi connectivity index (χ0n) is 9.63. The average molecular weight is 263 g/mol. The van der Waals surface area contributed by atoms with E-state index >= 15 is 0 Å². The summed E-state index contributed by atoms with van der Waals surface area (Å²) in [7, 11) is 0. The van der Waals surface area contributed by atoms with Gasteiger partial charge in [-0.1, -0.05) is 11.6 Å². The van der Waals surface area contributed by atoms with E-state index < -0.39 is 0 Å². The third kappa shape index (κ3) is 2.02. The third-order valence-corrected chi connectivity index (χ3v) is 2.88. The standard InChI is InChI=1S/C11H11ClN6/c1-7(8-4-13-14-5-8)15-11-16-10-3-2-9(12)6-18(10)17-11/h2-7H,1H3,(H,13,14)(H,15,17). The van der Waals surface area contributed by atoms with Crippen molar-refractivity contribution in [2.24, 2.45) is 0 Å². The first-order valence-electron chi connectivity index (χ1n) is 5.49. The number of anilines is 1. The molecule has 0 bridgehead atoms. The van der Waals surface area contributed by atoms with Gasteiger partial charge in [0.15, 0.2) is 5.65 Å². The van der Waals surface area contributed by atoms with Gasteiger partial charge in [-0.25, -0.2) is 4.52 Å². The number of aromatic amines is 1. The maximum Gasteiger partial charge on any atom is 0.243 e. The molecule has 1 atom stereocenters. The summed E-state index contributed by atoms with van der Waals surface area (Å²) in [6.45, 7) is 2.02. The lowest BCUT2D eigenvalue weighted by Gasteiger charge is -2.08. The molecule has 3 aromatic rings. The van der Waals surface area contributed by atoms with Crippen molar-refractivity contribution < 1.29 is 0 Å². The van der Waals surface area contributed by atoms with Crippen molar-refractivity contribution in [3.63, 3.8) is 0 Å². The number of hydrogen-bond acceptors (Lipinski definition) is 4. The monoisotopic (exact) mass is 262 g/mol. The normalized spacial score (nSPS) is 12.8. The number of hydrogen-bond donors (Lipinski definition) is 2. The van der Waals surface area contributed by atoms with Gasteiger partial charge in [0.2, 0.25) is 5.95 Å². The summed E-state index contributed by atoms with van der Waals surface area (Å²) in [4.78, 5) is 4.36. The molecule has 0 radical (unpaired) electrons. The Labute approximate surface area is 108 Å². The Morgan fingerprint density at radius 3 is 3.11 bits per heavy atom. The quantitative estimate of drug-likeness (QED) is 0.760. The van der Waals surface area contributed by atoms with Gasteiger partial charge in [0.25, 0.3) is 0 Å². The van der Waals surface area contributed by atoms with E-state index in [0.29, 0.717) is 11.0 Å². The van der Waals surface area contributed by atoms with Crippen molar-refractivity contribution in [2.45, 2.75) is 13.0 Å². The molecule has 0 aromatic carbocycles. The summed E-state index contributed by atoms with van der Waals surface area (Å²) in [5, 5.41) is 14.8. The van der Waals surface area contributed by atoms with E-state index in [2.05, 4.69) is 25.6 Å². The highest BCUT2D eigenvalue weighted by Crippen LogP contribution is 2.17. The molecule has 0 aliphatic carbocycles. The predicted octanol–water partition coefficient (Wildman–Crippen LogP) is 2.28. The summed E-state index contributed by atoms with van der Waals surface area (Å²) in [5.41, 5.74) is 1.80. The van der Waals surface area contributed by atoms with Crippen LogP contribution in [0.5, 0.6) is 0 Å². The van der Waals surface area contributed by atoms with Crippen molar-refractivity contribution in [3.8, 4) is 0 Å². The number of pyridine rings is 1. The van der Waals surface area contributed by atoms with Crippen LogP contribution in [-0.2, 0) is 0 Å². The molecule has 18 heavy (non-hydrogen) atoms. The third-order valence-electron chi connectivity index (χ3n) is 2.66. The minimum absolute atomic E-state index is 0.0802. The molecule has 1 unspecified atom stereocenters. The molecule has 0 spiro atoms. The van der Waals surface area contributed by atoms with E-state index in [1.807, 2.05) is 19.2 Å². The summed E-state index contributed by atoms with van der Waals surface area (Å²) >= 11 is 5.89. The fraction of sp³-hybridized carbons (Fsp3) is 0.182. The second-order valence-electron chi connectivity index (χ2n) is 3.98. The van der Waals surface area contributed by atoms with Gasteiger partial charge < -0.3 is 5.32 Å². The van der Waals surface area contributed by atoms with Crippen molar-refractivity contribution in [3.05, 3.63) is 41.3 Å². The van der Waals surface area contributed by atoms with Gasteiger partial charge in [0.05, 0.1) is 17.3 Å². The SMILES string of the molecule is CC(Nc1nc2ccc(Cl)cn2n1)c1cn[nH]c1. The van der Waals surface area contributed by atoms with Gasteiger partial charge in [-0.3, -0.25) is 5.10 Å². The maximum atomic E-state index is 5.89. The molecule has 3 heterocycles. The van der Waals surface area contributed by atoms with Gasteiger partial charge in [-0.2, -0.15) is 10.1 Å². The van der Waals surface area contributed by atoms with Crippen molar-refractivity contribution >= 4 is 23.2 Å². The molecule has 2 N–H and O–H groups in total. The first kappa shape index (κ1) is 11.0. The first-order chi connectivity index (χ1) is 8.72. The van der Waals surface area contributed by atoms with E-state index in [9.17, 15) is 0 Å². The van der Waals surface area contributed by atoms with Crippen LogP contribution in [-0.4, -0.2) is 24.8 Å². The topological polar surface area (TPSA) is 70.9 Å². The Morgan fingerprint density at radius 2 is 2.33 bits per heavy atom. The largest absolute Gasteiger partial charge is 0.346 e. The Bertz CT molecular complexity index is 659. The number of rotatable bonds is 3. The molecule has 0 saturated carbocycles. The number of H-pyrrole nitrogens is 1. The van der Waals surface area contributed by atoms with Gasteiger partial charge in [0.1, 0.15) is 0 Å². The molecule has 3 aromatic heterocycles. The molecule has 6 nitrogen and oxygen atoms in total. The smallest absolute Gasteiger partial charge is 0.243 e. The zero-order chi connectivity index (χ0) is 12.5. The van der Waals surface area contributed by atoms with Crippen LogP contribution in [0.25, 0.3) is 5.65 Å². The number of halogens is 1. The highest BCUT2D eigenvalue weighted by Gasteiger charge is 2.10. The summed E-state index contributed by atoms with van der Waals surface area (Å²) in [6, 6.07) is 3.69. The van der Waals surface area contributed by atoms with Crippen LogP contribution in [0.15, 0.2) is 30.7 Å². The zero-order valence-corrected chi connectivity index (χ0v) is 10.4. The molecular formula is C11H11ClN6. The Hall–Kier alpha value is -2.08.